The quantitative estimate of drug-likeness (QED) is 0.313. The molecule has 0 aliphatic rings. The predicted octanol–water partition coefficient (Wildman–Crippen LogP) is 5.64. The van der Waals surface area contributed by atoms with Crippen LogP contribution in [-0.2, 0) is 0 Å². The molecule has 1 N–H and O–H groups in total. The maximum absolute atomic E-state index is 13.5. The number of aromatic nitrogens is 4. The number of rotatable bonds is 7. The highest BCUT2D eigenvalue weighted by molar-refractivity contribution is 7.19. The predicted molar refractivity (Wildman–Crippen MR) is 140 cm³/mol. The van der Waals surface area contributed by atoms with E-state index in [0.717, 1.165) is 27.5 Å². The van der Waals surface area contributed by atoms with Gasteiger partial charge in [0, 0.05) is 18.0 Å². The van der Waals surface area contributed by atoms with E-state index < -0.39 is 0 Å². The van der Waals surface area contributed by atoms with Gasteiger partial charge in [0.15, 0.2) is 22.3 Å². The van der Waals surface area contributed by atoms with Crippen LogP contribution in [0.4, 0.5) is 5.13 Å². The number of para-hydroxylation sites is 1. The van der Waals surface area contributed by atoms with Crippen molar-refractivity contribution in [3.05, 3.63) is 90.5 Å². The highest BCUT2D eigenvalue weighted by Crippen LogP contribution is 2.35. The molecule has 0 bridgehead atoms. The van der Waals surface area contributed by atoms with E-state index in [2.05, 4.69) is 20.4 Å². The van der Waals surface area contributed by atoms with Crippen LogP contribution in [0.25, 0.3) is 27.4 Å². The van der Waals surface area contributed by atoms with E-state index >= 15 is 0 Å². The zero-order valence-electron chi connectivity index (χ0n) is 19.9. The first-order chi connectivity index (χ1) is 17.6. The van der Waals surface area contributed by atoms with E-state index in [4.69, 9.17) is 9.47 Å². The van der Waals surface area contributed by atoms with Gasteiger partial charge in [-0.15, -0.1) is 0 Å². The molecule has 0 atom stereocenters. The summed E-state index contributed by atoms with van der Waals surface area (Å²) in [6, 6.07) is 20.8. The molecule has 1 amide bonds. The van der Waals surface area contributed by atoms with Gasteiger partial charge < -0.3 is 9.47 Å². The van der Waals surface area contributed by atoms with Crippen molar-refractivity contribution >= 4 is 22.4 Å². The molecule has 5 rings (SSSR count). The number of nitrogens with one attached hydrogen (secondary N) is 1. The van der Waals surface area contributed by atoms with Crippen LogP contribution in [0.15, 0.2) is 79.1 Å². The summed E-state index contributed by atoms with van der Waals surface area (Å²) in [5.74, 6) is 0.795. The lowest BCUT2D eigenvalue weighted by atomic mass is 10.1. The van der Waals surface area contributed by atoms with Crippen molar-refractivity contribution in [1.82, 2.24) is 19.7 Å². The summed E-state index contributed by atoms with van der Waals surface area (Å²) in [4.78, 5) is 23.3. The maximum Gasteiger partial charge on any atom is 0.278 e. The molecular weight excluding hydrogens is 474 g/mol. The average molecular weight is 498 g/mol. The molecule has 0 saturated heterocycles. The van der Waals surface area contributed by atoms with Crippen LogP contribution in [0, 0.1) is 6.92 Å². The number of thiazole rings is 1. The van der Waals surface area contributed by atoms with Gasteiger partial charge in [-0.25, -0.2) is 9.67 Å². The van der Waals surface area contributed by atoms with Crippen molar-refractivity contribution in [2.24, 2.45) is 0 Å². The van der Waals surface area contributed by atoms with Gasteiger partial charge in [0.05, 0.1) is 36.2 Å². The Morgan fingerprint density at radius 3 is 2.47 bits per heavy atom. The van der Waals surface area contributed by atoms with Gasteiger partial charge in [-0.1, -0.05) is 41.7 Å². The Kier molecular flexibility index (Phi) is 6.46. The Morgan fingerprint density at radius 2 is 1.75 bits per heavy atom. The Hall–Kier alpha value is -4.50. The van der Waals surface area contributed by atoms with Crippen molar-refractivity contribution in [2.45, 2.75) is 6.92 Å². The number of pyridine rings is 1. The molecule has 5 aromatic rings. The molecule has 0 unspecified atom stereocenters. The zero-order chi connectivity index (χ0) is 25.1. The van der Waals surface area contributed by atoms with E-state index in [9.17, 15) is 4.79 Å². The molecule has 9 heteroatoms. The number of ether oxygens (including phenoxy) is 2. The fraction of sp³-hybridized carbons (Fsp3) is 0.111. The molecule has 0 spiro atoms. The highest BCUT2D eigenvalue weighted by atomic mass is 32.1. The molecule has 0 aliphatic heterocycles. The number of hydrogen-bond acceptors (Lipinski definition) is 7. The topological polar surface area (TPSA) is 91.2 Å². The van der Waals surface area contributed by atoms with Crippen LogP contribution in [0.5, 0.6) is 11.5 Å². The van der Waals surface area contributed by atoms with Gasteiger partial charge in [0.25, 0.3) is 5.91 Å². The molecule has 3 aromatic heterocycles. The molecule has 0 aliphatic carbocycles. The van der Waals surface area contributed by atoms with Gasteiger partial charge in [0.1, 0.15) is 0 Å². The Bertz CT molecular complexity index is 1510. The monoisotopic (exact) mass is 497 g/mol. The van der Waals surface area contributed by atoms with Gasteiger partial charge in [-0.3, -0.25) is 15.1 Å². The second kappa shape index (κ2) is 10.0. The smallest absolute Gasteiger partial charge is 0.278 e. The summed E-state index contributed by atoms with van der Waals surface area (Å²) >= 11 is 1.37. The third-order valence-corrected chi connectivity index (χ3v) is 6.65. The molecule has 2 aromatic carbocycles. The lowest BCUT2D eigenvalue weighted by molar-refractivity contribution is 0.102. The molecule has 0 radical (unpaired) electrons. The minimum atomic E-state index is -0.365. The van der Waals surface area contributed by atoms with Crippen LogP contribution in [0.3, 0.4) is 0 Å². The van der Waals surface area contributed by atoms with Gasteiger partial charge >= 0.3 is 0 Å². The number of aryl methyl sites for hydroxylation is 1. The second-order valence-electron chi connectivity index (χ2n) is 7.84. The van der Waals surface area contributed by atoms with E-state index in [1.54, 1.807) is 31.2 Å². The fourth-order valence-electron chi connectivity index (χ4n) is 3.81. The lowest BCUT2D eigenvalue weighted by Gasteiger charge is -2.09. The first kappa shape index (κ1) is 23.3. The summed E-state index contributed by atoms with van der Waals surface area (Å²) in [5, 5.41) is 8.04. The van der Waals surface area contributed by atoms with Crippen molar-refractivity contribution in [2.75, 3.05) is 19.5 Å². The second-order valence-corrected chi connectivity index (χ2v) is 8.84. The Morgan fingerprint density at radius 1 is 0.972 bits per heavy atom. The van der Waals surface area contributed by atoms with Crippen molar-refractivity contribution in [3.63, 3.8) is 0 Å². The number of benzene rings is 2. The van der Waals surface area contributed by atoms with Crippen LogP contribution < -0.4 is 14.8 Å². The fourth-order valence-corrected chi connectivity index (χ4v) is 4.75. The first-order valence-electron chi connectivity index (χ1n) is 11.1. The third kappa shape index (κ3) is 4.56. The van der Waals surface area contributed by atoms with E-state index in [0.29, 0.717) is 22.2 Å². The summed E-state index contributed by atoms with van der Waals surface area (Å²) < 4.78 is 12.5. The number of carbonyl (C=O) groups is 1. The van der Waals surface area contributed by atoms with Gasteiger partial charge in [-0.05, 0) is 48.9 Å². The van der Waals surface area contributed by atoms with Crippen molar-refractivity contribution < 1.29 is 14.3 Å². The zero-order valence-corrected chi connectivity index (χ0v) is 20.7. The van der Waals surface area contributed by atoms with Crippen LogP contribution >= 0.6 is 11.3 Å². The standard InChI is InChI=1S/C27H23N5O3S/c1-17-25(21-11-7-8-14-28-21)36-27(29-17)30-26(33)24-20(16-32(31-24)19-9-5-4-6-10-19)18-12-13-22(34-2)23(15-18)35-3/h4-16H,1-3H3,(H,29,30,33). The molecule has 36 heavy (non-hydrogen) atoms. The minimum Gasteiger partial charge on any atom is -0.493 e. The molecule has 0 saturated carbocycles. The summed E-state index contributed by atoms with van der Waals surface area (Å²) in [6.45, 7) is 1.90. The van der Waals surface area contributed by atoms with Crippen molar-refractivity contribution in [3.8, 4) is 38.9 Å². The van der Waals surface area contributed by atoms with Crippen LogP contribution in [0.2, 0.25) is 0 Å². The van der Waals surface area contributed by atoms with Gasteiger partial charge in [-0.2, -0.15) is 5.10 Å². The third-order valence-electron chi connectivity index (χ3n) is 5.56. The Labute approximate surface area is 212 Å². The van der Waals surface area contributed by atoms with E-state index in [1.165, 1.54) is 11.3 Å². The molecular formula is C27H23N5O3S. The molecule has 180 valence electrons. The lowest BCUT2D eigenvalue weighted by Crippen LogP contribution is -2.14. The number of hydrogen-bond donors (Lipinski definition) is 1. The van der Waals surface area contributed by atoms with Gasteiger partial charge in [0.2, 0.25) is 0 Å². The normalized spacial score (nSPS) is 10.8. The first-order valence-corrected chi connectivity index (χ1v) is 12.0. The Balaban J connectivity index is 1.54. The highest BCUT2D eigenvalue weighted by Gasteiger charge is 2.22. The van der Waals surface area contributed by atoms with E-state index in [1.807, 2.05) is 73.8 Å². The largest absolute Gasteiger partial charge is 0.493 e. The molecule has 8 nitrogen and oxygen atoms in total. The summed E-state index contributed by atoms with van der Waals surface area (Å²) in [7, 11) is 3.16. The number of amides is 1. The minimum absolute atomic E-state index is 0.262. The van der Waals surface area contributed by atoms with Crippen LogP contribution in [-0.4, -0.2) is 39.9 Å². The maximum atomic E-state index is 13.5. The van der Waals surface area contributed by atoms with E-state index in [-0.39, 0.29) is 11.6 Å². The number of carbonyl (C=O) groups excluding carboxylic acids is 1. The average Bonchev–Trinajstić information content (AvgIpc) is 3.53. The summed E-state index contributed by atoms with van der Waals surface area (Å²) in [5.41, 5.74) is 4.12. The number of methoxy groups -OCH3 is 2. The SMILES string of the molecule is COc1ccc(-c2cn(-c3ccccc3)nc2C(=O)Nc2nc(C)c(-c3ccccn3)s2)cc1OC. The molecule has 0 fully saturated rings. The number of nitrogens with zero attached hydrogens (tertiary/aromatic N) is 4. The van der Waals surface area contributed by atoms with Crippen LogP contribution in [0.1, 0.15) is 16.2 Å². The molecule has 3 heterocycles. The van der Waals surface area contributed by atoms with Crippen molar-refractivity contribution in [1.29, 1.82) is 0 Å². The summed E-state index contributed by atoms with van der Waals surface area (Å²) in [6.07, 6.45) is 3.57. The number of anilines is 1.